The van der Waals surface area contributed by atoms with E-state index in [2.05, 4.69) is 15.6 Å². The van der Waals surface area contributed by atoms with Crippen molar-refractivity contribution < 1.29 is 9.59 Å². The van der Waals surface area contributed by atoms with E-state index in [-0.39, 0.29) is 22.8 Å². The van der Waals surface area contributed by atoms with Crippen LogP contribution < -0.4 is 10.6 Å². The van der Waals surface area contributed by atoms with Crippen LogP contribution >= 0.6 is 11.3 Å². The lowest BCUT2D eigenvalue weighted by molar-refractivity contribution is -0.148. The molecule has 4 aliphatic carbocycles. The molecule has 4 bridgehead atoms. The van der Waals surface area contributed by atoms with Crippen molar-refractivity contribution in [2.24, 2.45) is 17.3 Å². The van der Waals surface area contributed by atoms with E-state index in [4.69, 9.17) is 0 Å². The molecule has 0 radical (unpaired) electrons. The summed E-state index contributed by atoms with van der Waals surface area (Å²) in [6.45, 7) is 3.58. The molecule has 4 aliphatic rings. The lowest BCUT2D eigenvalue weighted by atomic mass is 9.46. The molecule has 4 saturated carbocycles. The molecule has 6 heteroatoms. The van der Waals surface area contributed by atoms with Crippen LogP contribution in [0.1, 0.15) is 50.3 Å². The number of anilines is 1. The first-order valence-corrected chi connectivity index (χ1v) is 9.22. The van der Waals surface area contributed by atoms with Crippen LogP contribution in [0.4, 0.5) is 5.13 Å². The highest BCUT2D eigenvalue weighted by Crippen LogP contribution is 2.61. The van der Waals surface area contributed by atoms with Crippen LogP contribution in [0.2, 0.25) is 0 Å². The summed E-state index contributed by atoms with van der Waals surface area (Å²) in [4.78, 5) is 30.1. The summed E-state index contributed by atoms with van der Waals surface area (Å²) in [7, 11) is 0. The second-order valence-electron chi connectivity index (χ2n) is 7.93. The van der Waals surface area contributed by atoms with Gasteiger partial charge in [-0.15, -0.1) is 11.3 Å². The summed E-state index contributed by atoms with van der Waals surface area (Å²) >= 11 is 1.52. The van der Waals surface area contributed by atoms with Gasteiger partial charge in [0.25, 0.3) is 0 Å². The zero-order valence-corrected chi connectivity index (χ0v) is 14.5. The van der Waals surface area contributed by atoms with Gasteiger partial charge in [0, 0.05) is 23.5 Å². The van der Waals surface area contributed by atoms with Gasteiger partial charge in [0.1, 0.15) is 0 Å². The van der Waals surface area contributed by atoms with E-state index in [0.717, 1.165) is 37.0 Å². The zero-order valence-electron chi connectivity index (χ0n) is 13.6. The lowest BCUT2D eigenvalue weighted by Gasteiger charge is -2.61. The average molecular weight is 333 g/mol. The zero-order chi connectivity index (χ0) is 16.2. The number of aryl methyl sites for hydroxylation is 1. The van der Waals surface area contributed by atoms with Gasteiger partial charge in [0.05, 0.1) is 5.41 Å². The van der Waals surface area contributed by atoms with Gasteiger partial charge < -0.3 is 10.6 Å². The van der Waals surface area contributed by atoms with E-state index in [1.54, 1.807) is 13.1 Å². The average Bonchev–Trinajstić information content (AvgIpc) is 2.81. The van der Waals surface area contributed by atoms with Crippen molar-refractivity contribution in [1.82, 2.24) is 10.3 Å². The Balaban J connectivity index is 1.59. The van der Waals surface area contributed by atoms with Gasteiger partial charge in [-0.1, -0.05) is 0 Å². The molecular weight excluding hydrogens is 310 g/mol. The smallest absolute Gasteiger partial charge is 0.232 e. The van der Waals surface area contributed by atoms with Crippen LogP contribution in [0.3, 0.4) is 0 Å². The molecule has 1 aromatic rings. The topological polar surface area (TPSA) is 71.1 Å². The van der Waals surface area contributed by atoms with Gasteiger partial charge in [-0.25, -0.2) is 4.98 Å². The molecule has 0 aromatic carbocycles. The molecule has 4 fully saturated rings. The molecule has 5 rings (SSSR count). The van der Waals surface area contributed by atoms with Crippen molar-refractivity contribution in [3.63, 3.8) is 0 Å². The van der Waals surface area contributed by atoms with E-state index < -0.39 is 0 Å². The van der Waals surface area contributed by atoms with E-state index in [0.29, 0.717) is 17.0 Å². The lowest BCUT2D eigenvalue weighted by Crippen LogP contribution is -2.65. The van der Waals surface area contributed by atoms with Crippen molar-refractivity contribution in [3.8, 4) is 0 Å². The van der Waals surface area contributed by atoms with Crippen molar-refractivity contribution in [2.75, 3.05) is 5.32 Å². The second-order valence-corrected chi connectivity index (χ2v) is 9.17. The number of hydrogen-bond donors (Lipinski definition) is 2. The van der Waals surface area contributed by atoms with Crippen LogP contribution in [0, 0.1) is 24.2 Å². The molecule has 1 aromatic heterocycles. The Bertz CT molecular complexity index is 655. The third-order valence-electron chi connectivity index (χ3n) is 5.83. The Hall–Kier alpha value is -1.43. The molecular formula is C17H23N3O2S. The third-order valence-corrected chi connectivity index (χ3v) is 6.65. The van der Waals surface area contributed by atoms with Crippen molar-refractivity contribution in [3.05, 3.63) is 11.1 Å². The minimum Gasteiger partial charge on any atom is -0.351 e. The molecule has 124 valence electrons. The number of carbonyl (C=O) groups is 2. The van der Waals surface area contributed by atoms with Crippen molar-refractivity contribution in [1.29, 1.82) is 0 Å². The van der Waals surface area contributed by atoms with E-state index in [9.17, 15) is 9.59 Å². The maximum atomic E-state index is 13.0. The Morgan fingerprint density at radius 2 is 1.96 bits per heavy atom. The van der Waals surface area contributed by atoms with Crippen LogP contribution in [0.15, 0.2) is 6.20 Å². The summed E-state index contributed by atoms with van der Waals surface area (Å²) in [5, 5.41) is 6.94. The molecule has 2 amide bonds. The predicted molar refractivity (Wildman–Crippen MR) is 89.1 cm³/mol. The number of rotatable bonds is 3. The largest absolute Gasteiger partial charge is 0.351 e. The number of nitrogens with one attached hydrogen (secondary N) is 2. The summed E-state index contributed by atoms with van der Waals surface area (Å²) < 4.78 is 0. The first-order chi connectivity index (χ1) is 10.9. The third kappa shape index (κ3) is 2.57. The summed E-state index contributed by atoms with van der Waals surface area (Å²) in [6, 6.07) is 0. The molecule has 0 aliphatic heterocycles. The van der Waals surface area contributed by atoms with Crippen molar-refractivity contribution in [2.45, 2.75) is 57.9 Å². The molecule has 1 heterocycles. The summed E-state index contributed by atoms with van der Waals surface area (Å²) in [5.41, 5.74) is -0.488. The Morgan fingerprint density at radius 1 is 1.26 bits per heavy atom. The predicted octanol–water partition coefficient (Wildman–Crippen LogP) is 2.87. The van der Waals surface area contributed by atoms with Gasteiger partial charge in [-0.05, 0) is 57.3 Å². The van der Waals surface area contributed by atoms with Crippen molar-refractivity contribution >= 4 is 28.3 Å². The SMILES string of the molecule is CC(=O)NC12C[C@H]3C[C@@H](C1)CC(C(=O)Nc1ncc(C)s1)(C3)C2. The molecule has 4 atom stereocenters. The summed E-state index contributed by atoms with van der Waals surface area (Å²) in [5.74, 6) is 1.26. The highest BCUT2D eigenvalue weighted by Gasteiger charge is 2.60. The number of aromatic nitrogens is 1. The minimum atomic E-state index is -0.327. The van der Waals surface area contributed by atoms with Gasteiger partial charge >= 0.3 is 0 Å². The maximum Gasteiger partial charge on any atom is 0.232 e. The number of carbonyl (C=O) groups excluding carboxylic acids is 2. The van der Waals surface area contributed by atoms with Gasteiger partial charge in [-0.3, -0.25) is 9.59 Å². The molecule has 23 heavy (non-hydrogen) atoms. The highest BCUT2D eigenvalue weighted by atomic mass is 32.1. The fourth-order valence-electron chi connectivity index (χ4n) is 5.69. The van der Waals surface area contributed by atoms with E-state index in [1.807, 2.05) is 6.92 Å². The van der Waals surface area contributed by atoms with Gasteiger partial charge in [0.15, 0.2) is 5.13 Å². The quantitative estimate of drug-likeness (QED) is 0.893. The second kappa shape index (κ2) is 5.03. The summed E-state index contributed by atoms with van der Waals surface area (Å²) in [6.07, 6.45) is 7.78. The van der Waals surface area contributed by atoms with E-state index >= 15 is 0 Å². The van der Waals surface area contributed by atoms with Crippen LogP contribution in [0.25, 0.3) is 0 Å². The first-order valence-electron chi connectivity index (χ1n) is 8.41. The van der Waals surface area contributed by atoms with Gasteiger partial charge in [-0.2, -0.15) is 0 Å². The van der Waals surface area contributed by atoms with Crippen LogP contribution in [-0.4, -0.2) is 22.3 Å². The van der Waals surface area contributed by atoms with Gasteiger partial charge in [0.2, 0.25) is 11.8 Å². The molecule has 0 saturated heterocycles. The number of amides is 2. The standard InChI is InChI=1S/C17H23N3O2S/c1-10-8-18-15(23-10)19-14(22)16-4-12-3-13(5-16)7-17(6-12,9-16)20-11(2)21/h8,12-13H,3-7,9H2,1-2H3,(H,20,21)(H,18,19,22)/t12-,13+,16?,17?. The fourth-order valence-corrected chi connectivity index (χ4v) is 6.35. The maximum absolute atomic E-state index is 13.0. The molecule has 5 nitrogen and oxygen atoms in total. The van der Waals surface area contributed by atoms with Crippen LogP contribution in [-0.2, 0) is 9.59 Å². The highest BCUT2D eigenvalue weighted by molar-refractivity contribution is 7.15. The Labute approximate surface area is 140 Å². The van der Waals surface area contributed by atoms with Crippen LogP contribution in [0.5, 0.6) is 0 Å². The molecule has 0 spiro atoms. The monoisotopic (exact) mass is 333 g/mol. The Morgan fingerprint density at radius 3 is 2.52 bits per heavy atom. The van der Waals surface area contributed by atoms with E-state index in [1.165, 1.54) is 17.8 Å². The fraction of sp³-hybridized carbons (Fsp3) is 0.706. The first kappa shape index (κ1) is 15.1. The number of thiazole rings is 1. The Kier molecular flexibility index (Phi) is 3.31. The number of nitrogens with zero attached hydrogens (tertiary/aromatic N) is 1. The molecule has 2 unspecified atom stereocenters. The number of hydrogen-bond acceptors (Lipinski definition) is 4. The minimum absolute atomic E-state index is 0.0260. The normalized spacial score (nSPS) is 37.7. The molecule has 2 N–H and O–H groups in total.